The van der Waals surface area contributed by atoms with Crippen LogP contribution in [0.3, 0.4) is 0 Å². The maximum absolute atomic E-state index is 12.3. The molecule has 0 radical (unpaired) electrons. The average molecular weight is 245 g/mol. The molecule has 0 amide bonds. The molecule has 0 aliphatic carbocycles. The third-order valence-electron chi connectivity index (χ3n) is 3.53. The van der Waals surface area contributed by atoms with E-state index in [4.69, 9.17) is 4.74 Å². The Hall–Kier alpha value is -1.81. The molecular weight excluding hydrogens is 230 g/mol. The lowest BCUT2D eigenvalue weighted by atomic mass is 9.92. The van der Waals surface area contributed by atoms with E-state index in [0.29, 0.717) is 23.3 Å². The van der Waals surface area contributed by atoms with Crippen LogP contribution in [-0.2, 0) is 6.42 Å². The van der Waals surface area contributed by atoms with Gasteiger partial charge >= 0.3 is 0 Å². The lowest BCUT2D eigenvalue weighted by molar-refractivity contribution is -0.0443. The van der Waals surface area contributed by atoms with Gasteiger partial charge in [-0.25, -0.2) is 0 Å². The van der Waals surface area contributed by atoms with Crippen molar-refractivity contribution in [2.75, 3.05) is 0 Å². The van der Waals surface area contributed by atoms with Crippen LogP contribution in [0.2, 0.25) is 0 Å². The van der Waals surface area contributed by atoms with Gasteiger partial charge in [0.1, 0.15) is 5.60 Å². The minimum atomic E-state index is -0.682. The Balaban J connectivity index is 2.29. The van der Waals surface area contributed by atoms with Gasteiger partial charge in [-0.1, -0.05) is 12.1 Å². The number of hydrogen-bond donors (Lipinski definition) is 2. The van der Waals surface area contributed by atoms with Gasteiger partial charge in [0.05, 0.1) is 17.2 Å². The van der Waals surface area contributed by atoms with Gasteiger partial charge in [0.25, 0.3) is 0 Å². The number of ether oxygens (including phenoxy) is 1. The number of para-hydroxylation sites is 1. The highest BCUT2D eigenvalue weighted by atomic mass is 16.5. The van der Waals surface area contributed by atoms with Crippen LogP contribution >= 0.6 is 0 Å². The summed E-state index contributed by atoms with van der Waals surface area (Å²) in [6.45, 7) is 3.63. The van der Waals surface area contributed by atoms with Crippen LogP contribution in [-0.4, -0.2) is 21.8 Å². The predicted molar refractivity (Wildman–Crippen MR) is 69.0 cm³/mol. The van der Waals surface area contributed by atoms with Crippen molar-refractivity contribution < 1.29 is 9.84 Å². The number of benzene rings is 1. The standard InChI is InChI=1S/C14H15NO3/c1-14(2)11(16)7-9-12(17)8-5-3-4-6-10(8)15-13(9)18-14/h3-6,11,16H,7H2,1-2H3,(H,15,17)/t11-/m1/s1. The smallest absolute Gasteiger partial charge is 0.199 e. The Morgan fingerprint density at radius 1 is 1.39 bits per heavy atom. The Labute approximate surface area is 104 Å². The second-order valence-electron chi connectivity index (χ2n) is 5.23. The van der Waals surface area contributed by atoms with Gasteiger partial charge in [0.15, 0.2) is 11.3 Å². The van der Waals surface area contributed by atoms with Crippen LogP contribution in [0.25, 0.3) is 10.9 Å². The van der Waals surface area contributed by atoms with Crippen molar-refractivity contribution in [1.29, 1.82) is 0 Å². The van der Waals surface area contributed by atoms with Crippen molar-refractivity contribution in [3.8, 4) is 5.88 Å². The second kappa shape index (κ2) is 3.59. The van der Waals surface area contributed by atoms with Crippen LogP contribution in [0.15, 0.2) is 29.1 Å². The van der Waals surface area contributed by atoms with Gasteiger partial charge in [-0.15, -0.1) is 0 Å². The topological polar surface area (TPSA) is 62.3 Å². The average Bonchev–Trinajstić information content (AvgIpc) is 2.32. The fraction of sp³-hybridized carbons (Fsp3) is 0.357. The highest BCUT2D eigenvalue weighted by molar-refractivity contribution is 5.80. The van der Waals surface area contributed by atoms with Crippen LogP contribution < -0.4 is 10.2 Å². The molecule has 1 aromatic heterocycles. The van der Waals surface area contributed by atoms with Crippen molar-refractivity contribution in [2.45, 2.75) is 32.0 Å². The summed E-state index contributed by atoms with van der Waals surface area (Å²) in [5.74, 6) is 0.481. The Morgan fingerprint density at radius 2 is 2.11 bits per heavy atom. The number of nitrogens with one attached hydrogen (secondary N) is 1. The molecule has 0 bridgehead atoms. The molecule has 0 saturated heterocycles. The highest BCUT2D eigenvalue weighted by Gasteiger charge is 2.37. The zero-order chi connectivity index (χ0) is 12.9. The first-order valence-electron chi connectivity index (χ1n) is 6.00. The molecule has 94 valence electrons. The zero-order valence-corrected chi connectivity index (χ0v) is 10.4. The summed E-state index contributed by atoms with van der Waals surface area (Å²) in [5, 5.41) is 10.6. The molecule has 2 N–H and O–H groups in total. The molecular formula is C14H15NO3. The number of aliphatic hydroxyl groups excluding tert-OH is 1. The minimum absolute atomic E-state index is 0.0612. The quantitative estimate of drug-likeness (QED) is 0.741. The third-order valence-corrected chi connectivity index (χ3v) is 3.53. The van der Waals surface area contributed by atoms with Crippen molar-refractivity contribution in [1.82, 2.24) is 4.98 Å². The monoisotopic (exact) mass is 245 g/mol. The first kappa shape index (κ1) is 11.3. The summed E-state index contributed by atoms with van der Waals surface area (Å²) in [4.78, 5) is 15.4. The van der Waals surface area contributed by atoms with Crippen molar-refractivity contribution in [3.05, 3.63) is 40.1 Å². The summed E-state index contributed by atoms with van der Waals surface area (Å²) in [6.07, 6.45) is -0.352. The number of H-pyrrole nitrogens is 1. The SMILES string of the molecule is CC1(C)Oc2[nH]c3ccccc3c(=O)c2C[C@H]1O. The number of aromatic amines is 1. The lowest BCUT2D eigenvalue weighted by Crippen LogP contribution is -2.47. The maximum Gasteiger partial charge on any atom is 0.199 e. The molecule has 0 fully saturated rings. The molecule has 4 heteroatoms. The fourth-order valence-corrected chi connectivity index (χ4v) is 2.30. The summed E-state index contributed by atoms with van der Waals surface area (Å²) in [5.41, 5.74) is 0.543. The Kier molecular flexibility index (Phi) is 2.25. The van der Waals surface area contributed by atoms with E-state index < -0.39 is 11.7 Å². The van der Waals surface area contributed by atoms with Crippen LogP contribution in [0, 0.1) is 0 Å². The van der Waals surface area contributed by atoms with Crippen molar-refractivity contribution >= 4 is 10.9 Å². The summed E-state index contributed by atoms with van der Waals surface area (Å²) in [7, 11) is 0. The number of rotatable bonds is 0. The van der Waals surface area contributed by atoms with Gasteiger partial charge in [0, 0.05) is 11.8 Å². The van der Waals surface area contributed by atoms with E-state index in [2.05, 4.69) is 4.98 Å². The van der Waals surface area contributed by atoms with E-state index in [9.17, 15) is 9.90 Å². The third kappa shape index (κ3) is 1.53. The van der Waals surface area contributed by atoms with Crippen molar-refractivity contribution in [2.24, 2.45) is 0 Å². The maximum atomic E-state index is 12.3. The molecule has 1 atom stereocenters. The van der Waals surface area contributed by atoms with E-state index in [0.717, 1.165) is 5.52 Å². The van der Waals surface area contributed by atoms with Gasteiger partial charge < -0.3 is 14.8 Å². The number of aromatic nitrogens is 1. The molecule has 0 spiro atoms. The first-order chi connectivity index (χ1) is 8.49. The summed E-state index contributed by atoms with van der Waals surface area (Å²) >= 11 is 0. The molecule has 1 aromatic carbocycles. The van der Waals surface area contributed by atoms with Crippen LogP contribution in [0.4, 0.5) is 0 Å². The molecule has 18 heavy (non-hydrogen) atoms. The van der Waals surface area contributed by atoms with E-state index >= 15 is 0 Å². The number of pyridine rings is 1. The number of fused-ring (bicyclic) bond motifs is 2. The van der Waals surface area contributed by atoms with Crippen molar-refractivity contribution in [3.63, 3.8) is 0 Å². The van der Waals surface area contributed by atoms with Crippen LogP contribution in [0.1, 0.15) is 19.4 Å². The summed E-state index contributed by atoms with van der Waals surface area (Å²) < 4.78 is 5.71. The van der Waals surface area contributed by atoms with Crippen LogP contribution in [0.5, 0.6) is 5.88 Å². The normalized spacial score (nSPS) is 21.4. The Morgan fingerprint density at radius 3 is 2.89 bits per heavy atom. The molecule has 2 aromatic rings. The van der Waals surface area contributed by atoms with Gasteiger partial charge in [0.2, 0.25) is 0 Å². The van der Waals surface area contributed by atoms with Gasteiger partial charge in [-0.2, -0.15) is 0 Å². The number of aliphatic hydroxyl groups is 1. The largest absolute Gasteiger partial charge is 0.470 e. The highest BCUT2D eigenvalue weighted by Crippen LogP contribution is 2.31. The van der Waals surface area contributed by atoms with E-state index in [1.165, 1.54) is 0 Å². The first-order valence-corrected chi connectivity index (χ1v) is 6.00. The van der Waals surface area contributed by atoms with Gasteiger partial charge in [-0.05, 0) is 26.0 Å². The molecule has 3 rings (SSSR count). The second-order valence-corrected chi connectivity index (χ2v) is 5.23. The predicted octanol–water partition coefficient (Wildman–Crippen LogP) is 1.60. The number of hydrogen-bond acceptors (Lipinski definition) is 3. The Bertz CT molecular complexity index is 672. The molecule has 0 unspecified atom stereocenters. The van der Waals surface area contributed by atoms with E-state index in [-0.39, 0.29) is 5.43 Å². The molecule has 1 aliphatic heterocycles. The van der Waals surface area contributed by atoms with E-state index in [1.807, 2.05) is 32.0 Å². The lowest BCUT2D eigenvalue weighted by Gasteiger charge is -2.36. The molecule has 0 saturated carbocycles. The molecule has 2 heterocycles. The van der Waals surface area contributed by atoms with Gasteiger partial charge in [-0.3, -0.25) is 4.79 Å². The molecule has 1 aliphatic rings. The fourth-order valence-electron chi connectivity index (χ4n) is 2.30. The summed E-state index contributed by atoms with van der Waals surface area (Å²) in [6, 6.07) is 7.32. The minimum Gasteiger partial charge on any atom is -0.470 e. The molecule has 4 nitrogen and oxygen atoms in total. The van der Waals surface area contributed by atoms with E-state index in [1.54, 1.807) is 6.07 Å². The zero-order valence-electron chi connectivity index (χ0n) is 10.4.